The maximum atomic E-state index is 14.0. The molecule has 1 heterocycles. The molecule has 0 radical (unpaired) electrons. The number of carbonyl (C=O) groups excluding carboxylic acids is 2. The number of halogens is 1. The minimum absolute atomic E-state index is 0.0992. The number of aromatic nitrogens is 1. The van der Waals surface area contributed by atoms with Crippen LogP contribution in [0.15, 0.2) is 35.7 Å². The third-order valence-electron chi connectivity index (χ3n) is 2.97. The fourth-order valence-electron chi connectivity index (χ4n) is 1.89. The van der Waals surface area contributed by atoms with E-state index in [1.807, 2.05) is 0 Å². The lowest BCUT2D eigenvalue weighted by molar-refractivity contribution is -0.139. The van der Waals surface area contributed by atoms with Gasteiger partial charge < -0.3 is 4.74 Å². The Kier molecular flexibility index (Phi) is 5.98. The van der Waals surface area contributed by atoms with Crippen molar-refractivity contribution >= 4 is 40.1 Å². The number of nitriles is 1. The smallest absolute Gasteiger partial charge is 0.332 e. The molecule has 0 saturated carbocycles. The number of carbonyl (C=O) groups is 2. The van der Waals surface area contributed by atoms with E-state index in [1.165, 1.54) is 38.1 Å². The molecule has 1 aromatic heterocycles. The van der Waals surface area contributed by atoms with Crippen molar-refractivity contribution in [2.75, 3.05) is 4.90 Å². The van der Waals surface area contributed by atoms with E-state index in [0.717, 1.165) is 22.3 Å². The second-order valence-corrected chi connectivity index (χ2v) is 5.74. The average molecular weight is 359 g/mol. The summed E-state index contributed by atoms with van der Waals surface area (Å²) in [6.07, 6.45) is 1.68. The zero-order valence-electron chi connectivity index (χ0n) is 13.5. The monoisotopic (exact) mass is 359 g/mol. The summed E-state index contributed by atoms with van der Waals surface area (Å²) in [5, 5.41) is 10.5. The van der Waals surface area contributed by atoms with Gasteiger partial charge in [0.05, 0.1) is 11.4 Å². The molecule has 0 unspecified atom stereocenters. The molecule has 128 valence electrons. The molecule has 6 nitrogen and oxygen atoms in total. The van der Waals surface area contributed by atoms with E-state index in [1.54, 1.807) is 17.5 Å². The fourth-order valence-corrected chi connectivity index (χ4v) is 2.74. The van der Waals surface area contributed by atoms with E-state index in [-0.39, 0.29) is 10.8 Å². The zero-order chi connectivity index (χ0) is 18.4. The lowest BCUT2D eigenvalue weighted by Crippen LogP contribution is -2.23. The van der Waals surface area contributed by atoms with E-state index < -0.39 is 23.8 Å². The van der Waals surface area contributed by atoms with Crippen LogP contribution in [0.3, 0.4) is 0 Å². The summed E-state index contributed by atoms with van der Waals surface area (Å²) in [5.41, 5.74) is 0.506. The van der Waals surface area contributed by atoms with Crippen LogP contribution in [0.25, 0.3) is 6.08 Å². The molecule has 0 aliphatic carbocycles. The van der Waals surface area contributed by atoms with Crippen molar-refractivity contribution in [3.8, 4) is 6.07 Å². The largest absolute Gasteiger partial charge is 0.444 e. The summed E-state index contributed by atoms with van der Waals surface area (Å²) in [6, 6.07) is 7.66. The lowest BCUT2D eigenvalue weighted by atomic mass is 10.3. The number of hydrogen-bond acceptors (Lipinski definition) is 6. The number of benzene rings is 1. The van der Waals surface area contributed by atoms with Gasteiger partial charge in [-0.15, -0.1) is 11.3 Å². The van der Waals surface area contributed by atoms with Crippen LogP contribution in [-0.2, 0) is 14.3 Å². The Morgan fingerprint density at radius 1 is 1.44 bits per heavy atom. The molecule has 1 aromatic carbocycles. The highest BCUT2D eigenvalue weighted by Crippen LogP contribution is 2.30. The summed E-state index contributed by atoms with van der Waals surface area (Å²) in [5.74, 6) is -1.61. The first-order valence-corrected chi connectivity index (χ1v) is 8.09. The second-order valence-electron chi connectivity index (χ2n) is 4.90. The SMILES string of the molecule is CC(=O)N(c1nc(/C=C/C(=O)O[C@H](C)C#N)cs1)c1ccccc1F. The molecule has 0 spiro atoms. The molecule has 25 heavy (non-hydrogen) atoms. The quantitative estimate of drug-likeness (QED) is 0.603. The van der Waals surface area contributed by atoms with Crippen molar-refractivity contribution in [2.45, 2.75) is 20.0 Å². The molecule has 0 fully saturated rings. The second kappa shape index (κ2) is 8.17. The molecule has 1 atom stereocenters. The topological polar surface area (TPSA) is 83.3 Å². The normalized spacial score (nSPS) is 11.8. The van der Waals surface area contributed by atoms with Crippen LogP contribution in [0.1, 0.15) is 19.5 Å². The van der Waals surface area contributed by atoms with Crippen LogP contribution in [0, 0.1) is 17.1 Å². The minimum atomic E-state index is -0.850. The van der Waals surface area contributed by atoms with Crippen molar-refractivity contribution in [1.29, 1.82) is 5.26 Å². The van der Waals surface area contributed by atoms with E-state index in [2.05, 4.69) is 4.98 Å². The Morgan fingerprint density at radius 2 is 2.16 bits per heavy atom. The first-order valence-electron chi connectivity index (χ1n) is 7.21. The van der Waals surface area contributed by atoms with Gasteiger partial charge in [-0.3, -0.25) is 9.69 Å². The number of esters is 1. The molecule has 1 amide bonds. The van der Waals surface area contributed by atoms with Crippen molar-refractivity contribution in [3.63, 3.8) is 0 Å². The number of nitrogens with zero attached hydrogens (tertiary/aromatic N) is 3. The molecular formula is C17H14FN3O3S. The van der Waals surface area contributed by atoms with Crippen LogP contribution in [0.2, 0.25) is 0 Å². The first-order chi connectivity index (χ1) is 11.9. The molecule has 8 heteroatoms. The zero-order valence-corrected chi connectivity index (χ0v) is 14.3. The van der Waals surface area contributed by atoms with Gasteiger partial charge in [-0.25, -0.2) is 14.2 Å². The Labute approximate surface area is 147 Å². The first kappa shape index (κ1) is 18.3. The highest BCUT2D eigenvalue weighted by Gasteiger charge is 2.20. The van der Waals surface area contributed by atoms with Gasteiger partial charge in [0.2, 0.25) is 5.91 Å². The summed E-state index contributed by atoms with van der Waals surface area (Å²) in [7, 11) is 0. The van der Waals surface area contributed by atoms with Crippen molar-refractivity contribution in [3.05, 3.63) is 47.2 Å². The summed E-state index contributed by atoms with van der Waals surface area (Å²) in [6.45, 7) is 2.76. The average Bonchev–Trinajstić information content (AvgIpc) is 3.03. The molecule has 0 bridgehead atoms. The maximum Gasteiger partial charge on any atom is 0.332 e. The number of amides is 1. The van der Waals surface area contributed by atoms with Crippen LogP contribution < -0.4 is 4.90 Å². The van der Waals surface area contributed by atoms with Crippen LogP contribution in [0.5, 0.6) is 0 Å². The number of anilines is 2. The van der Waals surface area contributed by atoms with Crippen LogP contribution in [0.4, 0.5) is 15.2 Å². The lowest BCUT2D eigenvalue weighted by Gasteiger charge is -2.18. The Balaban J connectivity index is 2.21. The molecular weight excluding hydrogens is 345 g/mol. The Bertz CT molecular complexity index is 857. The van der Waals surface area contributed by atoms with Crippen molar-refractivity contribution < 1.29 is 18.7 Å². The number of rotatable bonds is 5. The predicted molar refractivity (Wildman–Crippen MR) is 91.5 cm³/mol. The highest BCUT2D eigenvalue weighted by molar-refractivity contribution is 7.14. The Morgan fingerprint density at radius 3 is 2.80 bits per heavy atom. The fraction of sp³-hybridized carbons (Fsp3) is 0.176. The van der Waals surface area contributed by atoms with Crippen LogP contribution in [-0.4, -0.2) is 23.0 Å². The molecule has 0 aliphatic heterocycles. The van der Waals surface area contributed by atoms with Gasteiger partial charge in [-0.2, -0.15) is 5.26 Å². The van der Waals surface area contributed by atoms with E-state index in [0.29, 0.717) is 5.69 Å². The van der Waals surface area contributed by atoms with Gasteiger partial charge in [0.25, 0.3) is 0 Å². The minimum Gasteiger partial charge on any atom is -0.444 e. The van der Waals surface area contributed by atoms with E-state index in [9.17, 15) is 14.0 Å². The van der Waals surface area contributed by atoms with Gasteiger partial charge in [-0.1, -0.05) is 12.1 Å². The molecule has 0 N–H and O–H groups in total. The molecule has 0 saturated heterocycles. The van der Waals surface area contributed by atoms with Gasteiger partial charge in [-0.05, 0) is 25.1 Å². The van der Waals surface area contributed by atoms with Gasteiger partial charge >= 0.3 is 5.97 Å². The van der Waals surface area contributed by atoms with Crippen molar-refractivity contribution in [2.24, 2.45) is 0 Å². The predicted octanol–water partition coefficient (Wildman–Crippen LogP) is 3.44. The van der Waals surface area contributed by atoms with Gasteiger partial charge in [0.1, 0.15) is 11.9 Å². The standard InChI is InChI=1S/C17H14FN3O3S/c1-11(9-19)24-16(23)8-7-13-10-25-17(20-13)21(12(2)22)15-6-4-3-5-14(15)18/h3-8,10-11H,1-2H3/b8-7+/t11-/m1/s1. The maximum absolute atomic E-state index is 14.0. The van der Waals surface area contributed by atoms with E-state index >= 15 is 0 Å². The van der Waals surface area contributed by atoms with Crippen LogP contribution >= 0.6 is 11.3 Å². The Hall–Kier alpha value is -3.05. The van der Waals surface area contributed by atoms with Gasteiger partial charge in [0, 0.05) is 18.4 Å². The van der Waals surface area contributed by atoms with Gasteiger partial charge in [0.15, 0.2) is 11.2 Å². The van der Waals surface area contributed by atoms with Crippen molar-refractivity contribution in [1.82, 2.24) is 4.98 Å². The third kappa shape index (κ3) is 4.71. The highest BCUT2D eigenvalue weighted by atomic mass is 32.1. The molecule has 2 aromatic rings. The number of ether oxygens (including phenoxy) is 1. The number of thiazole rings is 1. The molecule has 0 aliphatic rings. The number of para-hydroxylation sites is 1. The third-order valence-corrected chi connectivity index (χ3v) is 3.82. The molecule has 2 rings (SSSR count). The summed E-state index contributed by atoms with van der Waals surface area (Å²) >= 11 is 1.13. The number of hydrogen-bond donors (Lipinski definition) is 0. The van der Waals surface area contributed by atoms with E-state index in [4.69, 9.17) is 10.00 Å². The summed E-state index contributed by atoms with van der Waals surface area (Å²) < 4.78 is 18.8. The summed E-state index contributed by atoms with van der Waals surface area (Å²) in [4.78, 5) is 28.8.